The first-order valence-electron chi connectivity index (χ1n) is 8.58. The zero-order valence-corrected chi connectivity index (χ0v) is 14.5. The standard InChI is InChI=1S/C20H28O2/c1-12(2)13-6-8-15-14(18(13)22)7-9-16-19(3,4)17(21)10-11-20(15,16)5/h6,8,12,16,22H,7,9-11H2,1-5H3/t16-,20+/m1/s1. The lowest BCUT2D eigenvalue weighted by atomic mass is 9.50. The van der Waals surface area contributed by atoms with Crippen LogP contribution in [-0.2, 0) is 16.6 Å². The molecule has 0 heterocycles. The summed E-state index contributed by atoms with van der Waals surface area (Å²) in [5.74, 6) is 1.61. The van der Waals surface area contributed by atoms with Gasteiger partial charge in [-0.3, -0.25) is 4.79 Å². The van der Waals surface area contributed by atoms with Crippen molar-refractivity contribution in [3.8, 4) is 5.75 Å². The summed E-state index contributed by atoms with van der Waals surface area (Å²) in [4.78, 5) is 12.4. The molecule has 1 aromatic rings. The third kappa shape index (κ3) is 1.96. The average molecular weight is 300 g/mol. The lowest BCUT2D eigenvalue weighted by Crippen LogP contribution is -2.52. The van der Waals surface area contributed by atoms with Crippen molar-refractivity contribution in [2.45, 2.75) is 71.6 Å². The number of phenols is 1. The monoisotopic (exact) mass is 300 g/mol. The second-order valence-electron chi connectivity index (χ2n) is 8.34. The highest BCUT2D eigenvalue weighted by molar-refractivity contribution is 5.86. The van der Waals surface area contributed by atoms with E-state index in [9.17, 15) is 9.90 Å². The minimum atomic E-state index is -0.253. The van der Waals surface area contributed by atoms with E-state index in [1.807, 2.05) is 0 Å². The molecule has 2 nitrogen and oxygen atoms in total. The molecule has 1 aromatic carbocycles. The fraction of sp³-hybridized carbons (Fsp3) is 0.650. The van der Waals surface area contributed by atoms with Gasteiger partial charge < -0.3 is 5.11 Å². The van der Waals surface area contributed by atoms with E-state index in [1.54, 1.807) is 0 Å². The molecule has 120 valence electrons. The van der Waals surface area contributed by atoms with Crippen LogP contribution in [0.2, 0.25) is 0 Å². The summed E-state index contributed by atoms with van der Waals surface area (Å²) >= 11 is 0. The number of fused-ring (bicyclic) bond motifs is 3. The van der Waals surface area contributed by atoms with Crippen molar-refractivity contribution in [3.63, 3.8) is 0 Å². The predicted octanol–water partition coefficient (Wildman–Crippen LogP) is 4.72. The Kier molecular flexibility index (Phi) is 3.43. The van der Waals surface area contributed by atoms with Gasteiger partial charge in [-0.1, -0.05) is 46.8 Å². The van der Waals surface area contributed by atoms with Crippen LogP contribution in [-0.4, -0.2) is 10.9 Å². The third-order valence-corrected chi connectivity index (χ3v) is 6.46. The highest BCUT2D eigenvalue weighted by atomic mass is 16.3. The lowest BCUT2D eigenvalue weighted by Gasteiger charge is -2.53. The van der Waals surface area contributed by atoms with Crippen molar-refractivity contribution >= 4 is 5.78 Å². The molecule has 2 heteroatoms. The van der Waals surface area contributed by atoms with Crippen LogP contribution in [0.25, 0.3) is 0 Å². The van der Waals surface area contributed by atoms with Gasteiger partial charge in [0.25, 0.3) is 0 Å². The molecule has 0 radical (unpaired) electrons. The van der Waals surface area contributed by atoms with Crippen LogP contribution in [0.5, 0.6) is 5.75 Å². The minimum Gasteiger partial charge on any atom is -0.507 e. The maximum absolute atomic E-state index is 12.4. The highest BCUT2D eigenvalue weighted by Gasteiger charge is 2.53. The van der Waals surface area contributed by atoms with Crippen LogP contribution < -0.4 is 0 Å². The molecular formula is C20H28O2. The summed E-state index contributed by atoms with van der Waals surface area (Å²) in [6.07, 6.45) is 3.45. The van der Waals surface area contributed by atoms with E-state index in [-0.39, 0.29) is 10.8 Å². The zero-order chi connectivity index (χ0) is 16.3. The van der Waals surface area contributed by atoms with Crippen LogP contribution in [0.4, 0.5) is 0 Å². The first kappa shape index (κ1) is 15.6. The number of hydrogen-bond acceptors (Lipinski definition) is 2. The fourth-order valence-electron chi connectivity index (χ4n) is 5.06. The average Bonchev–Trinajstić information content (AvgIpc) is 2.44. The van der Waals surface area contributed by atoms with E-state index < -0.39 is 0 Å². The Morgan fingerprint density at radius 3 is 2.50 bits per heavy atom. The molecule has 22 heavy (non-hydrogen) atoms. The molecule has 0 bridgehead atoms. The van der Waals surface area contributed by atoms with E-state index in [2.05, 4.69) is 46.8 Å². The van der Waals surface area contributed by atoms with Crippen molar-refractivity contribution in [2.75, 3.05) is 0 Å². The van der Waals surface area contributed by atoms with Gasteiger partial charge in [-0.2, -0.15) is 0 Å². The van der Waals surface area contributed by atoms with Gasteiger partial charge in [0.2, 0.25) is 0 Å². The summed E-state index contributed by atoms with van der Waals surface area (Å²) in [6.45, 7) is 10.8. The number of aromatic hydroxyl groups is 1. The molecule has 2 atom stereocenters. The van der Waals surface area contributed by atoms with Crippen LogP contribution in [0.1, 0.15) is 76.5 Å². The molecule has 2 aliphatic carbocycles. The van der Waals surface area contributed by atoms with Gasteiger partial charge in [0, 0.05) is 11.8 Å². The molecule has 3 rings (SSSR count). The molecule has 1 saturated carbocycles. The molecule has 0 amide bonds. The number of phenolic OH excluding ortho intramolecular Hbond substituents is 1. The summed E-state index contributed by atoms with van der Waals surface area (Å²) in [5.41, 5.74) is 3.22. The minimum absolute atomic E-state index is 0.0119. The predicted molar refractivity (Wildman–Crippen MR) is 89.4 cm³/mol. The van der Waals surface area contributed by atoms with Crippen molar-refractivity contribution in [3.05, 3.63) is 28.8 Å². The molecule has 0 aromatic heterocycles. The number of carbonyl (C=O) groups is 1. The van der Waals surface area contributed by atoms with E-state index in [4.69, 9.17) is 0 Å². The Balaban J connectivity index is 2.14. The zero-order valence-electron chi connectivity index (χ0n) is 14.5. The number of rotatable bonds is 1. The van der Waals surface area contributed by atoms with Crippen molar-refractivity contribution in [2.24, 2.45) is 11.3 Å². The second-order valence-corrected chi connectivity index (χ2v) is 8.34. The summed E-state index contributed by atoms with van der Waals surface area (Å²) in [6, 6.07) is 4.32. The largest absolute Gasteiger partial charge is 0.507 e. The maximum Gasteiger partial charge on any atom is 0.138 e. The first-order chi connectivity index (χ1) is 10.2. The van der Waals surface area contributed by atoms with E-state index in [1.165, 1.54) is 5.56 Å². The van der Waals surface area contributed by atoms with Gasteiger partial charge in [0.15, 0.2) is 0 Å². The number of ketones is 1. The van der Waals surface area contributed by atoms with Gasteiger partial charge in [-0.15, -0.1) is 0 Å². The molecule has 0 unspecified atom stereocenters. The van der Waals surface area contributed by atoms with Gasteiger partial charge in [-0.05, 0) is 53.2 Å². The van der Waals surface area contributed by atoms with Crippen LogP contribution in [0.3, 0.4) is 0 Å². The first-order valence-corrected chi connectivity index (χ1v) is 8.58. The molecule has 1 N–H and O–H groups in total. The van der Waals surface area contributed by atoms with Crippen LogP contribution in [0.15, 0.2) is 12.1 Å². The lowest BCUT2D eigenvalue weighted by molar-refractivity contribution is -0.137. The number of hydrogen-bond donors (Lipinski definition) is 1. The molecule has 0 aliphatic heterocycles. The molecular weight excluding hydrogens is 272 g/mol. The Bertz CT molecular complexity index is 627. The second kappa shape index (κ2) is 4.84. The number of Topliss-reactive ketones (excluding diaryl/α,β-unsaturated/α-hetero) is 1. The van der Waals surface area contributed by atoms with Crippen molar-refractivity contribution in [1.82, 2.24) is 0 Å². The highest BCUT2D eigenvalue weighted by Crippen LogP contribution is 2.57. The Morgan fingerprint density at radius 1 is 1.18 bits per heavy atom. The van der Waals surface area contributed by atoms with Gasteiger partial charge in [0.05, 0.1) is 0 Å². The Labute approximate surface area is 133 Å². The SMILES string of the molecule is CC(C)c1ccc2c(c1O)CC[C@@H]1C(C)(C)C(=O)CC[C@@]21C. The van der Waals surface area contributed by atoms with Crippen molar-refractivity contribution < 1.29 is 9.90 Å². The van der Waals surface area contributed by atoms with E-state index >= 15 is 0 Å². The smallest absolute Gasteiger partial charge is 0.138 e. The van der Waals surface area contributed by atoms with Gasteiger partial charge in [0.1, 0.15) is 11.5 Å². The number of benzene rings is 1. The Morgan fingerprint density at radius 2 is 1.86 bits per heavy atom. The van der Waals surface area contributed by atoms with E-state index in [0.717, 1.165) is 30.4 Å². The molecule has 1 fully saturated rings. The molecule has 0 saturated heterocycles. The number of carbonyl (C=O) groups excluding carboxylic acids is 1. The maximum atomic E-state index is 12.4. The summed E-state index contributed by atoms with van der Waals surface area (Å²) < 4.78 is 0. The topological polar surface area (TPSA) is 37.3 Å². The molecule has 0 spiro atoms. The third-order valence-electron chi connectivity index (χ3n) is 6.46. The Hall–Kier alpha value is -1.31. The fourth-order valence-corrected chi connectivity index (χ4v) is 5.06. The normalized spacial score (nSPS) is 30.1. The summed E-state index contributed by atoms with van der Waals surface area (Å²) in [5, 5.41) is 10.7. The quantitative estimate of drug-likeness (QED) is 0.814. The van der Waals surface area contributed by atoms with Crippen LogP contribution >= 0.6 is 0 Å². The van der Waals surface area contributed by atoms with Gasteiger partial charge >= 0.3 is 0 Å². The molecule has 2 aliphatic rings. The summed E-state index contributed by atoms with van der Waals surface area (Å²) in [7, 11) is 0. The van der Waals surface area contributed by atoms with E-state index in [0.29, 0.717) is 29.8 Å². The van der Waals surface area contributed by atoms with Gasteiger partial charge in [-0.25, -0.2) is 0 Å². The van der Waals surface area contributed by atoms with Crippen molar-refractivity contribution in [1.29, 1.82) is 0 Å². The van der Waals surface area contributed by atoms with Crippen LogP contribution in [0, 0.1) is 11.3 Å².